The number of aliphatic hydroxyl groups excluding tert-OH is 1. The number of amides is 2. The maximum atomic E-state index is 13.5. The van der Waals surface area contributed by atoms with Crippen molar-refractivity contribution in [2.45, 2.75) is 25.3 Å². The molecule has 122 valence electrons. The minimum absolute atomic E-state index is 0.203. The van der Waals surface area contributed by atoms with E-state index in [0.717, 1.165) is 25.8 Å². The fraction of sp³-hybridized carbons (Fsp3) is 0.562. The molecule has 0 unspecified atom stereocenters. The molecule has 2 N–H and O–H groups in total. The minimum Gasteiger partial charge on any atom is -0.396 e. The average molecular weight is 309 g/mol. The zero-order chi connectivity index (χ0) is 15.9. The van der Waals surface area contributed by atoms with Crippen LogP contribution < -0.4 is 5.32 Å². The number of halogens is 1. The van der Waals surface area contributed by atoms with E-state index >= 15 is 0 Å². The number of hydrogen-bond acceptors (Lipinski definition) is 3. The molecule has 6 heteroatoms. The maximum Gasteiger partial charge on any atom is 0.321 e. The van der Waals surface area contributed by atoms with Gasteiger partial charge < -0.3 is 20.2 Å². The third-order valence-corrected chi connectivity index (χ3v) is 4.16. The fourth-order valence-electron chi connectivity index (χ4n) is 2.77. The highest BCUT2D eigenvalue weighted by Gasteiger charge is 2.25. The Morgan fingerprint density at radius 2 is 2.09 bits per heavy atom. The quantitative estimate of drug-likeness (QED) is 0.876. The van der Waals surface area contributed by atoms with Crippen LogP contribution in [0.15, 0.2) is 24.3 Å². The lowest BCUT2D eigenvalue weighted by atomic mass is 10.0. The molecule has 1 aromatic rings. The molecule has 1 fully saturated rings. The maximum absolute atomic E-state index is 13.5. The van der Waals surface area contributed by atoms with Gasteiger partial charge in [0.15, 0.2) is 0 Å². The molecule has 0 atom stereocenters. The van der Waals surface area contributed by atoms with E-state index in [1.165, 1.54) is 6.07 Å². The number of urea groups is 1. The molecule has 0 aromatic heterocycles. The number of hydrogen-bond donors (Lipinski definition) is 2. The fourth-order valence-corrected chi connectivity index (χ4v) is 2.77. The van der Waals surface area contributed by atoms with Gasteiger partial charge in [-0.15, -0.1) is 0 Å². The number of piperidine rings is 1. The molecule has 1 saturated heterocycles. The van der Waals surface area contributed by atoms with E-state index in [0.29, 0.717) is 19.1 Å². The molecule has 1 heterocycles. The first-order valence-corrected chi connectivity index (χ1v) is 7.73. The van der Waals surface area contributed by atoms with E-state index in [-0.39, 0.29) is 18.3 Å². The van der Waals surface area contributed by atoms with Gasteiger partial charge in [-0.2, -0.15) is 0 Å². The van der Waals surface area contributed by atoms with Crippen LogP contribution in [0.2, 0.25) is 0 Å². The van der Waals surface area contributed by atoms with Crippen LogP contribution in [0.3, 0.4) is 0 Å². The van der Waals surface area contributed by atoms with Crippen molar-refractivity contribution in [3.8, 4) is 0 Å². The largest absolute Gasteiger partial charge is 0.396 e. The Balaban J connectivity index is 1.81. The van der Waals surface area contributed by atoms with Crippen molar-refractivity contribution in [2.75, 3.05) is 38.6 Å². The smallest absolute Gasteiger partial charge is 0.321 e. The predicted molar refractivity (Wildman–Crippen MR) is 84.3 cm³/mol. The third-order valence-electron chi connectivity index (χ3n) is 4.16. The molecular formula is C16H24FN3O2. The van der Waals surface area contributed by atoms with E-state index in [1.807, 2.05) is 0 Å². The van der Waals surface area contributed by atoms with Crippen LogP contribution in [-0.2, 0) is 0 Å². The van der Waals surface area contributed by atoms with Gasteiger partial charge in [0.05, 0.1) is 5.69 Å². The molecule has 2 rings (SSSR count). The van der Waals surface area contributed by atoms with Crippen molar-refractivity contribution >= 4 is 11.7 Å². The number of rotatable bonds is 5. The summed E-state index contributed by atoms with van der Waals surface area (Å²) in [5, 5.41) is 11.5. The van der Waals surface area contributed by atoms with Crippen LogP contribution >= 0.6 is 0 Å². The SMILES string of the molecule is CN(CCCO)C1CCN(C(=O)Nc2ccccc2F)CC1. The summed E-state index contributed by atoms with van der Waals surface area (Å²) in [6.45, 7) is 2.39. The molecule has 0 bridgehead atoms. The molecular weight excluding hydrogens is 285 g/mol. The van der Waals surface area contributed by atoms with Crippen molar-refractivity contribution in [2.24, 2.45) is 0 Å². The van der Waals surface area contributed by atoms with Crippen LogP contribution in [0.5, 0.6) is 0 Å². The van der Waals surface area contributed by atoms with Gasteiger partial charge >= 0.3 is 6.03 Å². The van der Waals surface area contributed by atoms with E-state index < -0.39 is 5.82 Å². The number of likely N-dealkylation sites (tertiary alicyclic amines) is 1. The topological polar surface area (TPSA) is 55.8 Å². The second-order valence-corrected chi connectivity index (χ2v) is 5.69. The molecule has 22 heavy (non-hydrogen) atoms. The summed E-state index contributed by atoms with van der Waals surface area (Å²) in [7, 11) is 2.05. The van der Waals surface area contributed by atoms with Crippen molar-refractivity contribution < 1.29 is 14.3 Å². The first-order chi connectivity index (χ1) is 10.6. The van der Waals surface area contributed by atoms with E-state index in [2.05, 4.69) is 17.3 Å². The van der Waals surface area contributed by atoms with Crippen LogP contribution in [0.1, 0.15) is 19.3 Å². The molecule has 5 nitrogen and oxygen atoms in total. The summed E-state index contributed by atoms with van der Waals surface area (Å²) in [5.74, 6) is -0.422. The van der Waals surface area contributed by atoms with E-state index in [1.54, 1.807) is 23.1 Å². The molecule has 0 spiro atoms. The Hall–Kier alpha value is -1.66. The Labute approximate surface area is 130 Å². The lowest BCUT2D eigenvalue weighted by molar-refractivity contribution is 0.134. The van der Waals surface area contributed by atoms with Gasteiger partial charge in [-0.05, 0) is 38.4 Å². The number of carbonyl (C=O) groups is 1. The highest BCUT2D eigenvalue weighted by molar-refractivity contribution is 5.89. The normalized spacial score (nSPS) is 16.1. The van der Waals surface area contributed by atoms with Gasteiger partial charge in [0.1, 0.15) is 5.82 Å². The van der Waals surface area contributed by atoms with Gasteiger partial charge in [-0.1, -0.05) is 12.1 Å². The molecule has 0 radical (unpaired) electrons. The van der Waals surface area contributed by atoms with Crippen molar-refractivity contribution in [1.82, 2.24) is 9.80 Å². The number of carbonyl (C=O) groups excluding carboxylic acids is 1. The Kier molecular flexibility index (Phi) is 6.15. The van der Waals surface area contributed by atoms with Crippen LogP contribution in [0.4, 0.5) is 14.9 Å². The minimum atomic E-state index is -0.422. The first kappa shape index (κ1) is 16.7. The van der Waals surface area contributed by atoms with Gasteiger partial charge in [-0.25, -0.2) is 9.18 Å². The molecule has 1 aliphatic rings. The molecule has 1 aromatic carbocycles. The number of benzene rings is 1. The molecule has 2 amide bonds. The average Bonchev–Trinajstić information content (AvgIpc) is 2.55. The predicted octanol–water partition coefficient (Wildman–Crippen LogP) is 2.14. The van der Waals surface area contributed by atoms with Crippen molar-refractivity contribution in [3.05, 3.63) is 30.1 Å². The molecule has 0 saturated carbocycles. The number of nitrogens with one attached hydrogen (secondary N) is 1. The van der Waals surface area contributed by atoms with Gasteiger partial charge in [0, 0.05) is 32.3 Å². The van der Waals surface area contributed by atoms with Crippen LogP contribution in [-0.4, -0.2) is 60.3 Å². The Bertz CT molecular complexity index is 490. The zero-order valence-corrected chi connectivity index (χ0v) is 13.0. The number of para-hydroxylation sites is 1. The third kappa shape index (κ3) is 4.42. The second kappa shape index (κ2) is 8.10. The molecule has 0 aliphatic carbocycles. The Morgan fingerprint density at radius 1 is 1.41 bits per heavy atom. The number of nitrogens with zero attached hydrogens (tertiary/aromatic N) is 2. The van der Waals surface area contributed by atoms with Gasteiger partial charge in [0.2, 0.25) is 0 Å². The standard InChI is InChI=1S/C16H24FN3O2/c1-19(9-4-12-21)13-7-10-20(11-8-13)16(22)18-15-6-3-2-5-14(15)17/h2-3,5-6,13,21H,4,7-12H2,1H3,(H,18,22). The summed E-state index contributed by atoms with van der Waals surface area (Å²) in [6, 6.07) is 6.37. The lowest BCUT2D eigenvalue weighted by Crippen LogP contribution is -2.47. The molecule has 1 aliphatic heterocycles. The summed E-state index contributed by atoms with van der Waals surface area (Å²) in [5.41, 5.74) is 0.217. The van der Waals surface area contributed by atoms with Crippen LogP contribution in [0.25, 0.3) is 0 Å². The zero-order valence-electron chi connectivity index (χ0n) is 13.0. The Morgan fingerprint density at radius 3 is 2.73 bits per heavy atom. The van der Waals surface area contributed by atoms with Crippen molar-refractivity contribution in [3.63, 3.8) is 0 Å². The van der Waals surface area contributed by atoms with E-state index in [4.69, 9.17) is 5.11 Å². The summed E-state index contributed by atoms with van der Waals surface area (Å²) >= 11 is 0. The highest BCUT2D eigenvalue weighted by Crippen LogP contribution is 2.18. The van der Waals surface area contributed by atoms with Gasteiger partial charge in [0.25, 0.3) is 0 Å². The number of anilines is 1. The lowest BCUT2D eigenvalue weighted by Gasteiger charge is -2.36. The summed E-state index contributed by atoms with van der Waals surface area (Å²) in [4.78, 5) is 16.1. The van der Waals surface area contributed by atoms with E-state index in [9.17, 15) is 9.18 Å². The monoisotopic (exact) mass is 309 g/mol. The number of aliphatic hydroxyl groups is 1. The summed E-state index contributed by atoms with van der Waals surface area (Å²) < 4.78 is 13.5. The first-order valence-electron chi connectivity index (χ1n) is 7.73. The summed E-state index contributed by atoms with van der Waals surface area (Å²) in [6.07, 6.45) is 2.56. The van der Waals surface area contributed by atoms with Crippen LogP contribution in [0, 0.1) is 5.82 Å². The van der Waals surface area contributed by atoms with Gasteiger partial charge in [-0.3, -0.25) is 0 Å². The second-order valence-electron chi connectivity index (χ2n) is 5.69. The van der Waals surface area contributed by atoms with Crippen molar-refractivity contribution in [1.29, 1.82) is 0 Å². The highest BCUT2D eigenvalue weighted by atomic mass is 19.1.